The lowest BCUT2D eigenvalue weighted by Gasteiger charge is -2.50. The van der Waals surface area contributed by atoms with Gasteiger partial charge in [-0.15, -0.1) is 0 Å². The fourth-order valence-electron chi connectivity index (χ4n) is 10.0. The number of allylic oxidation sites excluding steroid dienone is 3. The van der Waals surface area contributed by atoms with E-state index < -0.39 is 70.8 Å². The lowest BCUT2D eigenvalue weighted by molar-refractivity contribution is -0.290. The van der Waals surface area contributed by atoms with E-state index in [2.05, 4.69) is 36.7 Å². The maximum atomic E-state index is 17.0. The number of rotatable bonds is 6. The number of carbonyl (C=O) groups is 3. The molecular weight excluding hydrogens is 752 g/mol. The number of amides is 1. The molecule has 330 valence electrons. The fraction of sp³-hybridized carbons (Fsp3) is 0.708. The Bertz CT molecular complexity index is 1720. The molecule has 0 unspecified atom stereocenters. The molecule has 3 fully saturated rings. The van der Waals surface area contributed by atoms with Crippen LogP contribution in [0.5, 0.6) is 0 Å². The molecule has 2 aliphatic heterocycles. The Balaban J connectivity index is 2.00. The van der Waals surface area contributed by atoms with E-state index in [1.54, 1.807) is 20.8 Å². The second kappa shape index (κ2) is 19.3. The molecule has 10 nitrogen and oxygen atoms in total. The number of likely N-dealkylation sites (N-methyl/N-ethyl adjacent to an activating group) is 1. The highest BCUT2D eigenvalue weighted by molar-refractivity contribution is 6.08. The van der Waals surface area contributed by atoms with Crippen LogP contribution in [0.3, 0.4) is 0 Å². The van der Waals surface area contributed by atoms with Gasteiger partial charge in [0, 0.05) is 36.1 Å². The van der Waals surface area contributed by atoms with Crippen LogP contribution in [-0.4, -0.2) is 99.1 Å². The van der Waals surface area contributed by atoms with Gasteiger partial charge in [-0.25, -0.2) is 14.2 Å². The van der Waals surface area contributed by atoms with E-state index >= 15 is 4.39 Å². The van der Waals surface area contributed by atoms with Crippen molar-refractivity contribution in [2.45, 2.75) is 182 Å². The smallest absolute Gasteiger partial charge is 0.351 e. The molecule has 2 N–H and O–H groups in total. The third-order valence-corrected chi connectivity index (χ3v) is 13.7. The van der Waals surface area contributed by atoms with Gasteiger partial charge in [0.15, 0.2) is 12.1 Å². The van der Waals surface area contributed by atoms with Gasteiger partial charge in [0.2, 0.25) is 5.91 Å². The van der Waals surface area contributed by atoms with Gasteiger partial charge in [0.1, 0.15) is 17.8 Å². The van der Waals surface area contributed by atoms with Crippen molar-refractivity contribution in [3.8, 4) is 0 Å². The number of esters is 1. The first-order valence-corrected chi connectivity index (χ1v) is 21.7. The topological polar surface area (TPSA) is 135 Å². The van der Waals surface area contributed by atoms with Gasteiger partial charge in [0.25, 0.3) is 5.67 Å². The van der Waals surface area contributed by atoms with Crippen molar-refractivity contribution in [3.05, 3.63) is 53.6 Å². The maximum Gasteiger partial charge on any atom is 0.351 e. The predicted octanol–water partition coefficient (Wildman–Crippen LogP) is 8.47. The summed E-state index contributed by atoms with van der Waals surface area (Å²) in [6.07, 6.45) is 4.29. The first kappa shape index (κ1) is 48.6. The minimum Gasteiger partial charge on any atom is -0.457 e. The summed E-state index contributed by atoms with van der Waals surface area (Å²) in [5.74, 6) is -5.47. The molecule has 3 aliphatic rings. The molecule has 13 atom stereocenters. The molecule has 2 saturated heterocycles. The van der Waals surface area contributed by atoms with E-state index in [1.807, 2.05) is 77.2 Å². The molecule has 4 rings (SSSR count). The Labute approximate surface area is 353 Å². The zero-order valence-electron chi connectivity index (χ0n) is 38.0. The second-order valence-corrected chi connectivity index (χ2v) is 19.5. The SMILES string of the molecule is CC[C@H]1OC(=O)[C@@](C)(F)C(=O)[C@H](C)[C@@H](O[C@@H]2O[C@H](C)C[C@H](N(C)C(C)(C)C)[C@H]2O)[C@]2(C)CC/C(=C/C=C/c3ccccc3)CC[C@H]([C@@H](C)C(=NC(C)=O)[C@H](C)C2)[C@]1(C)O. The van der Waals surface area contributed by atoms with Gasteiger partial charge < -0.3 is 24.4 Å². The minimum absolute atomic E-state index is 0.141. The number of carbonyl (C=O) groups excluding carboxylic acids is 3. The number of ether oxygens (including phenoxy) is 3. The standard InChI is InChI=1S/C48H73FN2O8/c1-14-38-48(12,56)36-24-23-35(22-18-21-34-19-16-15-17-20-34)25-26-46(10,28-29(2)39(31(36)4)50-33(6)52)42(32(5)41(54)47(11,49)44(55)58-38)59-43-40(53)37(27-30(3)57-43)51(13)45(7,8)9/h15-22,29-32,36-38,40,42-43,53,56H,14,23-28H2,1-13H3/b21-18+,35-22+,50-39?/t29-,30-,31-,32+,36-,37+,38-,40-,42-,43+,46-,47+,48+/m1/s1. The first-order chi connectivity index (χ1) is 27.3. The number of benzene rings is 1. The van der Waals surface area contributed by atoms with Gasteiger partial charge in [-0.1, -0.05) is 88.8 Å². The quantitative estimate of drug-likeness (QED) is 0.214. The van der Waals surface area contributed by atoms with Gasteiger partial charge in [0.05, 0.1) is 12.2 Å². The summed E-state index contributed by atoms with van der Waals surface area (Å²) in [5.41, 5.74) is -3.33. The monoisotopic (exact) mass is 825 g/mol. The van der Waals surface area contributed by atoms with Crippen molar-refractivity contribution >= 4 is 29.4 Å². The van der Waals surface area contributed by atoms with Gasteiger partial charge in [-0.05, 0) is 116 Å². The van der Waals surface area contributed by atoms with E-state index in [0.29, 0.717) is 44.2 Å². The summed E-state index contributed by atoms with van der Waals surface area (Å²) in [5, 5.41) is 24.6. The number of hydrogen-bond acceptors (Lipinski definition) is 9. The number of aliphatic imine (C=N–C) groups is 1. The van der Waals surface area contributed by atoms with Crippen LogP contribution in [0, 0.1) is 29.1 Å². The summed E-state index contributed by atoms with van der Waals surface area (Å²) in [6, 6.07) is 9.61. The Morgan fingerprint density at radius 1 is 1.07 bits per heavy atom. The molecule has 0 radical (unpaired) electrons. The fourth-order valence-corrected chi connectivity index (χ4v) is 10.0. The highest BCUT2D eigenvalue weighted by Crippen LogP contribution is 2.48. The molecule has 1 aliphatic carbocycles. The minimum atomic E-state index is -3.09. The van der Waals surface area contributed by atoms with E-state index in [1.165, 1.54) is 6.92 Å². The van der Waals surface area contributed by atoms with Gasteiger partial charge >= 0.3 is 5.97 Å². The van der Waals surface area contributed by atoms with Crippen molar-refractivity contribution in [2.24, 2.45) is 34.1 Å². The van der Waals surface area contributed by atoms with Gasteiger partial charge in [-0.3, -0.25) is 14.5 Å². The number of hydrogen-bond donors (Lipinski definition) is 2. The number of cyclic esters (lactones) is 1. The zero-order chi connectivity index (χ0) is 44.2. The third kappa shape index (κ3) is 11.2. The molecule has 0 aromatic heterocycles. The van der Waals surface area contributed by atoms with Gasteiger partial charge in [-0.2, -0.15) is 0 Å². The molecule has 0 spiro atoms. The predicted molar refractivity (Wildman–Crippen MR) is 230 cm³/mol. The van der Waals surface area contributed by atoms with Crippen molar-refractivity contribution in [3.63, 3.8) is 0 Å². The van der Waals surface area contributed by atoms with E-state index in [4.69, 9.17) is 14.2 Å². The largest absolute Gasteiger partial charge is 0.457 e. The maximum absolute atomic E-state index is 17.0. The third-order valence-electron chi connectivity index (χ3n) is 13.7. The first-order valence-electron chi connectivity index (χ1n) is 21.7. The number of aliphatic hydroxyl groups excluding tert-OH is 1. The highest BCUT2D eigenvalue weighted by Gasteiger charge is 2.56. The second-order valence-electron chi connectivity index (χ2n) is 19.5. The van der Waals surface area contributed by atoms with Crippen LogP contribution in [0.1, 0.15) is 134 Å². The van der Waals surface area contributed by atoms with E-state index in [0.717, 1.165) is 18.1 Å². The summed E-state index contributed by atoms with van der Waals surface area (Å²) in [6.45, 7) is 21.3. The Morgan fingerprint density at radius 2 is 1.71 bits per heavy atom. The summed E-state index contributed by atoms with van der Waals surface area (Å²) >= 11 is 0. The van der Waals surface area contributed by atoms with Crippen molar-refractivity contribution in [1.29, 1.82) is 0 Å². The van der Waals surface area contributed by atoms with Crippen molar-refractivity contribution in [2.75, 3.05) is 7.05 Å². The van der Waals surface area contributed by atoms with Crippen molar-refractivity contribution in [1.82, 2.24) is 4.90 Å². The molecule has 59 heavy (non-hydrogen) atoms. The molecule has 1 aromatic rings. The number of nitrogens with zero attached hydrogens (tertiary/aromatic N) is 2. The van der Waals surface area contributed by atoms with Crippen LogP contribution in [0.4, 0.5) is 4.39 Å². The van der Waals surface area contributed by atoms with Crippen LogP contribution in [0.2, 0.25) is 0 Å². The number of fused-ring (bicyclic) bond motifs is 5. The lowest BCUT2D eigenvalue weighted by Crippen LogP contribution is -2.61. The summed E-state index contributed by atoms with van der Waals surface area (Å²) in [7, 11) is 1.95. The van der Waals surface area contributed by atoms with Crippen LogP contribution in [0.15, 0.2) is 53.0 Å². The summed E-state index contributed by atoms with van der Waals surface area (Å²) < 4.78 is 36.2. The van der Waals surface area contributed by atoms with E-state index in [9.17, 15) is 24.6 Å². The van der Waals surface area contributed by atoms with Crippen molar-refractivity contribution < 1.29 is 43.2 Å². The molecular formula is C48H73FN2O8. The Kier molecular flexibility index (Phi) is 15.9. The molecule has 2 heterocycles. The molecule has 11 heteroatoms. The number of ketones is 1. The number of aliphatic hydroxyl groups is 2. The number of alkyl halides is 1. The molecule has 1 aromatic carbocycles. The van der Waals surface area contributed by atoms with Crippen LogP contribution in [0.25, 0.3) is 6.08 Å². The highest BCUT2D eigenvalue weighted by atomic mass is 19.1. The van der Waals surface area contributed by atoms with Crippen LogP contribution < -0.4 is 0 Å². The molecule has 1 saturated carbocycles. The summed E-state index contributed by atoms with van der Waals surface area (Å²) in [4.78, 5) is 48.2. The lowest BCUT2D eigenvalue weighted by atomic mass is 9.65. The Morgan fingerprint density at radius 3 is 2.31 bits per heavy atom. The average molecular weight is 825 g/mol. The molecule has 1 amide bonds. The average Bonchev–Trinajstić information content (AvgIpc) is 3.17. The van der Waals surface area contributed by atoms with Crippen LogP contribution >= 0.6 is 0 Å². The van der Waals surface area contributed by atoms with E-state index in [-0.39, 0.29) is 35.9 Å². The van der Waals surface area contributed by atoms with Crippen LogP contribution in [-0.2, 0) is 28.6 Å². The zero-order valence-corrected chi connectivity index (χ0v) is 38.0. The number of halogens is 1. The molecule has 2 bridgehead atoms. The normalized spacial score (nSPS) is 39.8. The Hall–Kier alpha value is -3.09. The number of Topliss-reactive ketones (excluding diaryl/α,β-unsaturated/α-hetero) is 1.